The molecule has 0 aliphatic carbocycles. The fraction of sp³-hybridized carbons (Fsp3) is 1.00. The summed E-state index contributed by atoms with van der Waals surface area (Å²) in [5.74, 6) is 5.55. The smallest absolute Gasteiger partial charge is 0.0412 e. The lowest BCUT2D eigenvalue weighted by Crippen LogP contribution is -2.12. The van der Waals surface area contributed by atoms with Gasteiger partial charge in [-0.25, -0.2) is 0 Å². The summed E-state index contributed by atoms with van der Waals surface area (Å²) in [5, 5.41) is 0. The molecule has 31 heavy (non-hydrogen) atoms. The summed E-state index contributed by atoms with van der Waals surface area (Å²) >= 11 is 0. The molecule has 0 bridgehead atoms. The van der Waals surface area contributed by atoms with Crippen molar-refractivity contribution in [3.8, 4) is 0 Å². The van der Waals surface area contributed by atoms with E-state index in [2.05, 4.69) is 55.4 Å². The van der Waals surface area contributed by atoms with Crippen LogP contribution < -0.4 is 0 Å². The first-order chi connectivity index (χ1) is 14.8. The van der Waals surface area contributed by atoms with E-state index < -0.39 is 0 Å². The number of unbranched alkanes of at least 4 members (excludes halogenated alkanes) is 4. The van der Waals surface area contributed by atoms with Crippen molar-refractivity contribution >= 4 is 0 Å². The molecule has 0 saturated heterocycles. The summed E-state index contributed by atoms with van der Waals surface area (Å²) in [6.07, 6.45) is 24.6. The van der Waals surface area contributed by atoms with Gasteiger partial charge in [-0.05, 0) is 54.8 Å². The molecule has 0 aliphatic rings. The van der Waals surface area contributed by atoms with Crippen LogP contribution in [0.3, 0.4) is 0 Å². The van der Waals surface area contributed by atoms with Gasteiger partial charge in [0.15, 0.2) is 0 Å². The van der Waals surface area contributed by atoms with Crippen LogP contribution >= 0.6 is 0 Å². The molecular formula is C31H64. The highest BCUT2D eigenvalue weighted by molar-refractivity contribution is 4.69. The van der Waals surface area contributed by atoms with Gasteiger partial charge < -0.3 is 0 Å². The summed E-state index contributed by atoms with van der Waals surface area (Å²) in [4.78, 5) is 0. The predicted molar refractivity (Wildman–Crippen MR) is 145 cm³/mol. The van der Waals surface area contributed by atoms with Crippen molar-refractivity contribution in [1.29, 1.82) is 0 Å². The van der Waals surface area contributed by atoms with Crippen molar-refractivity contribution < 1.29 is 0 Å². The minimum atomic E-state index is 0.850. The fourth-order valence-electron chi connectivity index (χ4n) is 5.96. The molecule has 5 unspecified atom stereocenters. The van der Waals surface area contributed by atoms with Gasteiger partial charge >= 0.3 is 0 Å². The molecule has 0 N–H and O–H groups in total. The molecule has 0 radical (unpaired) electrons. The lowest BCUT2D eigenvalue weighted by atomic mass is 9.81. The van der Waals surface area contributed by atoms with Crippen LogP contribution in [0.2, 0.25) is 0 Å². The van der Waals surface area contributed by atoms with Gasteiger partial charge in [-0.3, -0.25) is 0 Å². The van der Waals surface area contributed by atoms with Crippen LogP contribution in [0.15, 0.2) is 0 Å². The Labute approximate surface area is 200 Å². The molecule has 0 rings (SSSR count). The predicted octanol–water partition coefficient (Wildman–Crippen LogP) is 11.5. The highest BCUT2D eigenvalue weighted by Gasteiger charge is 2.17. The third-order valence-electron chi connectivity index (χ3n) is 7.80. The van der Waals surface area contributed by atoms with Gasteiger partial charge in [-0.1, -0.05) is 145 Å². The lowest BCUT2D eigenvalue weighted by molar-refractivity contribution is 0.270. The van der Waals surface area contributed by atoms with Crippen LogP contribution in [0.1, 0.15) is 165 Å². The van der Waals surface area contributed by atoms with E-state index in [1.807, 2.05) is 0 Å². The third-order valence-corrected chi connectivity index (χ3v) is 7.80. The first kappa shape index (κ1) is 31.0. The first-order valence-corrected chi connectivity index (χ1v) is 14.8. The molecule has 0 saturated carbocycles. The topological polar surface area (TPSA) is 0 Å². The Morgan fingerprint density at radius 2 is 1.03 bits per heavy atom. The monoisotopic (exact) mass is 437 g/mol. The molecule has 0 heteroatoms. The van der Waals surface area contributed by atoms with E-state index in [0.29, 0.717) is 0 Å². The maximum atomic E-state index is 2.53. The maximum Gasteiger partial charge on any atom is -0.0412 e. The van der Waals surface area contributed by atoms with Gasteiger partial charge in [-0.15, -0.1) is 0 Å². The molecule has 188 valence electrons. The van der Waals surface area contributed by atoms with Gasteiger partial charge in [0.25, 0.3) is 0 Å². The Bertz CT molecular complexity index is 357. The first-order valence-electron chi connectivity index (χ1n) is 14.8. The molecule has 0 heterocycles. The molecule has 0 aliphatic heterocycles. The van der Waals surface area contributed by atoms with E-state index in [9.17, 15) is 0 Å². The summed E-state index contributed by atoms with van der Waals surface area (Å²) in [7, 11) is 0. The molecule has 0 amide bonds. The zero-order chi connectivity index (χ0) is 23.5. The molecule has 0 spiro atoms. The lowest BCUT2D eigenvalue weighted by Gasteiger charge is -2.25. The van der Waals surface area contributed by atoms with Crippen molar-refractivity contribution in [3.63, 3.8) is 0 Å². The van der Waals surface area contributed by atoms with Gasteiger partial charge in [-0.2, -0.15) is 0 Å². The highest BCUT2D eigenvalue weighted by Crippen LogP contribution is 2.31. The minimum absolute atomic E-state index is 0.850. The largest absolute Gasteiger partial charge is 0.0654 e. The van der Waals surface area contributed by atoms with Crippen LogP contribution in [0, 0.1) is 35.5 Å². The normalized spacial score (nSPS) is 16.9. The zero-order valence-electron chi connectivity index (χ0n) is 23.5. The van der Waals surface area contributed by atoms with E-state index in [1.54, 1.807) is 0 Å². The van der Waals surface area contributed by atoms with E-state index in [-0.39, 0.29) is 0 Å². The molecule has 0 aromatic heterocycles. The zero-order valence-corrected chi connectivity index (χ0v) is 23.5. The van der Waals surface area contributed by atoms with Gasteiger partial charge in [0.2, 0.25) is 0 Å². The summed E-state index contributed by atoms with van der Waals surface area (Å²) in [6.45, 7) is 19.4. The standard InChI is InChI=1S/C31H64/c1-9-12-14-15-19-30(11-3)20-16-17-27(6)21-22-31(18-13-10-2)25-29(8)24-28(7)23-26(4)5/h26-31H,9-25H2,1-8H3. The van der Waals surface area contributed by atoms with E-state index >= 15 is 0 Å². The SMILES string of the molecule is CCCCCCC(CC)CCCC(C)CCC(CCCC)CC(C)CC(C)CC(C)C. The van der Waals surface area contributed by atoms with Gasteiger partial charge in [0.05, 0.1) is 0 Å². The maximum absolute atomic E-state index is 2.53. The van der Waals surface area contributed by atoms with Crippen LogP contribution in [-0.4, -0.2) is 0 Å². The highest BCUT2D eigenvalue weighted by atomic mass is 14.2. The van der Waals surface area contributed by atoms with Gasteiger partial charge in [0.1, 0.15) is 0 Å². The second-order valence-corrected chi connectivity index (χ2v) is 12.1. The molecule has 0 aromatic carbocycles. The third kappa shape index (κ3) is 19.2. The number of hydrogen-bond acceptors (Lipinski definition) is 0. The fourth-order valence-corrected chi connectivity index (χ4v) is 5.96. The average molecular weight is 437 g/mol. The van der Waals surface area contributed by atoms with E-state index in [1.165, 1.54) is 109 Å². The molecule has 0 fully saturated rings. The van der Waals surface area contributed by atoms with Crippen LogP contribution in [0.4, 0.5) is 0 Å². The Kier molecular flexibility index (Phi) is 20.6. The summed E-state index contributed by atoms with van der Waals surface area (Å²) in [5.41, 5.74) is 0. The van der Waals surface area contributed by atoms with Crippen molar-refractivity contribution in [1.82, 2.24) is 0 Å². The quantitative estimate of drug-likeness (QED) is 0.148. The van der Waals surface area contributed by atoms with Gasteiger partial charge in [0, 0.05) is 0 Å². The molecule has 0 aromatic rings. The molecular weight excluding hydrogens is 372 g/mol. The van der Waals surface area contributed by atoms with Crippen molar-refractivity contribution in [2.75, 3.05) is 0 Å². The Balaban J connectivity index is 4.22. The van der Waals surface area contributed by atoms with E-state index in [4.69, 9.17) is 0 Å². The van der Waals surface area contributed by atoms with E-state index in [0.717, 1.165) is 35.5 Å². The van der Waals surface area contributed by atoms with Crippen molar-refractivity contribution in [3.05, 3.63) is 0 Å². The van der Waals surface area contributed by atoms with Crippen LogP contribution in [0.5, 0.6) is 0 Å². The number of rotatable bonds is 22. The molecule has 5 atom stereocenters. The minimum Gasteiger partial charge on any atom is -0.0654 e. The van der Waals surface area contributed by atoms with Crippen LogP contribution in [0.25, 0.3) is 0 Å². The van der Waals surface area contributed by atoms with Crippen LogP contribution in [-0.2, 0) is 0 Å². The van der Waals surface area contributed by atoms with Crippen molar-refractivity contribution in [2.24, 2.45) is 35.5 Å². The Hall–Kier alpha value is 0. The average Bonchev–Trinajstić information content (AvgIpc) is 2.70. The number of hydrogen-bond donors (Lipinski definition) is 0. The summed E-state index contributed by atoms with van der Waals surface area (Å²) < 4.78 is 0. The second kappa shape index (κ2) is 20.6. The Morgan fingerprint density at radius 1 is 0.419 bits per heavy atom. The summed E-state index contributed by atoms with van der Waals surface area (Å²) in [6, 6.07) is 0. The second-order valence-electron chi connectivity index (χ2n) is 12.1. The Morgan fingerprint density at radius 3 is 1.65 bits per heavy atom. The molecule has 0 nitrogen and oxygen atoms in total. The van der Waals surface area contributed by atoms with Crippen molar-refractivity contribution in [2.45, 2.75) is 165 Å².